The van der Waals surface area contributed by atoms with Crippen LogP contribution in [0.2, 0.25) is 0 Å². The second-order valence-electron chi connectivity index (χ2n) is 6.54. The molecular weight excluding hydrogens is 299 g/mol. The molecule has 1 aromatic heterocycles. The van der Waals surface area contributed by atoms with E-state index >= 15 is 0 Å². The van der Waals surface area contributed by atoms with Crippen molar-refractivity contribution in [3.8, 4) is 5.69 Å². The molecule has 1 aliphatic carbocycles. The summed E-state index contributed by atoms with van der Waals surface area (Å²) in [5.41, 5.74) is 4.57. The third kappa shape index (κ3) is 2.48. The Morgan fingerprint density at radius 2 is 2.14 bits per heavy atom. The number of benzene rings is 1. The number of alkyl halides is 1. The van der Waals surface area contributed by atoms with Crippen molar-refractivity contribution in [3.05, 3.63) is 53.4 Å². The molecule has 2 aromatic rings. The topological polar surface area (TPSA) is 17.8 Å². The summed E-state index contributed by atoms with van der Waals surface area (Å²) in [4.78, 5) is 4.42. The highest BCUT2D eigenvalue weighted by molar-refractivity contribution is 6.17. The molecule has 1 aromatic carbocycles. The van der Waals surface area contributed by atoms with Gasteiger partial charge < -0.3 is 0 Å². The van der Waals surface area contributed by atoms with Gasteiger partial charge in [-0.15, -0.1) is 11.6 Å². The van der Waals surface area contributed by atoms with E-state index in [0.29, 0.717) is 11.6 Å². The van der Waals surface area contributed by atoms with Crippen LogP contribution in [0.1, 0.15) is 43.6 Å². The zero-order chi connectivity index (χ0) is 15.9. The molecule has 0 bridgehead atoms. The number of halogens is 2. The van der Waals surface area contributed by atoms with Crippen molar-refractivity contribution < 1.29 is 4.39 Å². The van der Waals surface area contributed by atoms with E-state index in [0.717, 1.165) is 29.8 Å². The van der Waals surface area contributed by atoms with Crippen LogP contribution in [0.25, 0.3) is 11.3 Å². The van der Waals surface area contributed by atoms with E-state index in [2.05, 4.69) is 24.9 Å². The average molecular weight is 319 g/mol. The Bertz CT molecular complexity index is 744. The molecular formula is C18H20ClFN2. The van der Waals surface area contributed by atoms with Gasteiger partial charge in [0.1, 0.15) is 12.1 Å². The summed E-state index contributed by atoms with van der Waals surface area (Å²) in [5, 5.41) is 0. The Morgan fingerprint density at radius 1 is 1.36 bits per heavy atom. The third-order valence-corrected chi connectivity index (χ3v) is 4.69. The van der Waals surface area contributed by atoms with E-state index in [1.165, 1.54) is 11.6 Å². The molecule has 0 saturated heterocycles. The van der Waals surface area contributed by atoms with Crippen molar-refractivity contribution in [2.75, 3.05) is 0 Å². The van der Waals surface area contributed by atoms with Crippen molar-refractivity contribution in [1.29, 1.82) is 0 Å². The van der Waals surface area contributed by atoms with Crippen LogP contribution in [0.3, 0.4) is 0 Å². The first-order chi connectivity index (χ1) is 10.4. The number of aryl methyl sites for hydroxylation is 1. The lowest BCUT2D eigenvalue weighted by atomic mass is 9.83. The van der Waals surface area contributed by atoms with E-state index in [1.807, 2.05) is 17.6 Å². The Balaban J connectivity index is 2.22. The fraction of sp³-hybridized carbons (Fsp3) is 0.389. The van der Waals surface area contributed by atoms with Crippen LogP contribution in [-0.2, 0) is 5.88 Å². The van der Waals surface area contributed by atoms with Crippen LogP contribution < -0.4 is 0 Å². The highest BCUT2D eigenvalue weighted by atomic mass is 35.5. The van der Waals surface area contributed by atoms with Gasteiger partial charge in [-0.05, 0) is 48.4 Å². The minimum absolute atomic E-state index is 0.0545. The van der Waals surface area contributed by atoms with E-state index in [1.54, 1.807) is 12.4 Å². The van der Waals surface area contributed by atoms with Crippen molar-refractivity contribution in [3.63, 3.8) is 0 Å². The first kappa shape index (κ1) is 15.3. The minimum atomic E-state index is -0.248. The summed E-state index contributed by atoms with van der Waals surface area (Å²) in [7, 11) is 0. The lowest BCUT2D eigenvalue weighted by Crippen LogP contribution is -2.13. The first-order valence-electron chi connectivity index (χ1n) is 7.54. The number of rotatable bonds is 3. The van der Waals surface area contributed by atoms with Gasteiger partial charge in [-0.3, -0.25) is 4.57 Å². The summed E-state index contributed by atoms with van der Waals surface area (Å²) in [5.74, 6) is 0.0743. The standard InChI is InChI=1S/C18H20ClFN2/c1-12-6-7-14(20)16(9-12)22-11-21-15(10-19)17(22)13-5-4-8-18(13,2)3/h5-7,9,11H,4,8,10H2,1-3H3. The van der Waals surface area contributed by atoms with Crippen LogP contribution in [0.5, 0.6) is 0 Å². The van der Waals surface area contributed by atoms with Gasteiger partial charge in [-0.1, -0.05) is 26.0 Å². The SMILES string of the molecule is Cc1ccc(F)c(-n2cnc(CCl)c2C2=CCCC2(C)C)c1. The molecule has 0 saturated carbocycles. The van der Waals surface area contributed by atoms with Gasteiger partial charge >= 0.3 is 0 Å². The fourth-order valence-electron chi connectivity index (χ4n) is 3.16. The number of nitrogens with zero attached hydrogens (tertiary/aromatic N) is 2. The zero-order valence-corrected chi connectivity index (χ0v) is 13.9. The van der Waals surface area contributed by atoms with Gasteiger partial charge in [-0.25, -0.2) is 9.37 Å². The second-order valence-corrected chi connectivity index (χ2v) is 6.81. The van der Waals surface area contributed by atoms with Gasteiger partial charge in [-0.2, -0.15) is 0 Å². The number of allylic oxidation sites excluding steroid dienone is 2. The van der Waals surface area contributed by atoms with Gasteiger partial charge in [0.15, 0.2) is 0 Å². The largest absolute Gasteiger partial charge is 0.296 e. The van der Waals surface area contributed by atoms with Gasteiger partial charge in [0.2, 0.25) is 0 Å². The molecule has 1 heterocycles. The Hall–Kier alpha value is -1.61. The van der Waals surface area contributed by atoms with Gasteiger partial charge in [0, 0.05) is 0 Å². The molecule has 0 atom stereocenters. The molecule has 3 rings (SSSR count). The van der Waals surface area contributed by atoms with Crippen molar-refractivity contribution in [1.82, 2.24) is 9.55 Å². The second kappa shape index (κ2) is 5.54. The van der Waals surface area contributed by atoms with E-state index < -0.39 is 0 Å². The monoisotopic (exact) mass is 318 g/mol. The molecule has 22 heavy (non-hydrogen) atoms. The number of hydrogen-bond donors (Lipinski definition) is 0. The maximum absolute atomic E-state index is 14.3. The highest BCUT2D eigenvalue weighted by Crippen LogP contribution is 2.45. The van der Waals surface area contributed by atoms with Crippen molar-refractivity contribution in [2.45, 2.75) is 39.5 Å². The summed E-state index contributed by atoms with van der Waals surface area (Å²) >= 11 is 6.08. The van der Waals surface area contributed by atoms with E-state index in [9.17, 15) is 4.39 Å². The molecule has 0 N–H and O–H groups in total. The number of hydrogen-bond acceptors (Lipinski definition) is 1. The molecule has 0 fully saturated rings. The summed E-state index contributed by atoms with van der Waals surface area (Å²) < 4.78 is 16.2. The van der Waals surface area contributed by atoms with Crippen LogP contribution in [0, 0.1) is 18.2 Å². The summed E-state index contributed by atoms with van der Waals surface area (Å²) in [6, 6.07) is 5.13. The predicted molar refractivity (Wildman–Crippen MR) is 88.8 cm³/mol. The molecule has 0 amide bonds. The van der Waals surface area contributed by atoms with E-state index in [-0.39, 0.29) is 11.2 Å². The Morgan fingerprint density at radius 3 is 2.77 bits per heavy atom. The third-order valence-electron chi connectivity index (χ3n) is 4.43. The predicted octanol–water partition coefficient (Wildman–Crippen LogP) is 5.26. The maximum Gasteiger partial charge on any atom is 0.147 e. The molecule has 0 radical (unpaired) electrons. The zero-order valence-electron chi connectivity index (χ0n) is 13.2. The molecule has 2 nitrogen and oxygen atoms in total. The fourth-order valence-corrected chi connectivity index (χ4v) is 3.36. The normalized spacial score (nSPS) is 16.9. The Kier molecular flexibility index (Phi) is 3.85. The van der Waals surface area contributed by atoms with Crippen LogP contribution in [0.4, 0.5) is 4.39 Å². The molecule has 4 heteroatoms. The highest BCUT2D eigenvalue weighted by Gasteiger charge is 2.32. The minimum Gasteiger partial charge on any atom is -0.296 e. The molecule has 0 aliphatic heterocycles. The van der Waals surface area contributed by atoms with Crippen LogP contribution in [-0.4, -0.2) is 9.55 Å². The maximum atomic E-state index is 14.3. The smallest absolute Gasteiger partial charge is 0.147 e. The average Bonchev–Trinajstić information content (AvgIpc) is 3.03. The quantitative estimate of drug-likeness (QED) is 0.706. The number of imidazole rings is 1. The van der Waals surface area contributed by atoms with Crippen LogP contribution >= 0.6 is 11.6 Å². The lowest BCUT2D eigenvalue weighted by Gasteiger charge is -2.24. The van der Waals surface area contributed by atoms with Gasteiger partial charge in [0.25, 0.3) is 0 Å². The lowest BCUT2D eigenvalue weighted by molar-refractivity contribution is 0.484. The van der Waals surface area contributed by atoms with Crippen molar-refractivity contribution >= 4 is 17.2 Å². The van der Waals surface area contributed by atoms with Gasteiger partial charge in [0.05, 0.1) is 23.0 Å². The molecule has 0 spiro atoms. The van der Waals surface area contributed by atoms with E-state index in [4.69, 9.17) is 11.6 Å². The number of aromatic nitrogens is 2. The summed E-state index contributed by atoms with van der Waals surface area (Å²) in [6.07, 6.45) is 6.04. The first-order valence-corrected chi connectivity index (χ1v) is 8.07. The Labute approximate surface area is 135 Å². The summed E-state index contributed by atoms with van der Waals surface area (Å²) in [6.45, 7) is 6.39. The molecule has 116 valence electrons. The molecule has 1 aliphatic rings. The molecule has 0 unspecified atom stereocenters. The van der Waals surface area contributed by atoms with Crippen LogP contribution in [0.15, 0.2) is 30.6 Å². The van der Waals surface area contributed by atoms with Crippen molar-refractivity contribution in [2.24, 2.45) is 5.41 Å².